The topological polar surface area (TPSA) is 22.1 Å². The highest BCUT2D eigenvalue weighted by atomic mass is 35.5. The van der Waals surface area contributed by atoms with Gasteiger partial charge in [0, 0.05) is 12.1 Å². The molecule has 0 saturated carbocycles. The normalized spacial score (nSPS) is 9.73. The van der Waals surface area contributed by atoms with Gasteiger partial charge < -0.3 is 4.74 Å². The van der Waals surface area contributed by atoms with E-state index in [1.807, 2.05) is 0 Å². The zero-order valence-electron chi connectivity index (χ0n) is 5.97. The van der Waals surface area contributed by atoms with Crippen LogP contribution < -0.4 is 4.74 Å². The molecule has 11 heavy (non-hydrogen) atoms. The van der Waals surface area contributed by atoms with Gasteiger partial charge in [-0.05, 0) is 6.92 Å². The molecular weight excluding hydrogens is 169 g/mol. The Labute approximate surface area is 69.0 Å². The molecule has 1 heterocycles. The Morgan fingerprint density at radius 1 is 1.64 bits per heavy atom. The van der Waals surface area contributed by atoms with Crippen LogP contribution in [0.3, 0.4) is 0 Å². The van der Waals surface area contributed by atoms with Crippen molar-refractivity contribution in [1.29, 1.82) is 0 Å². The number of hydrogen-bond donors (Lipinski definition) is 0. The molecule has 60 valence electrons. The highest BCUT2D eigenvalue weighted by Crippen LogP contribution is 2.14. The number of nitrogens with zero attached hydrogens (tertiary/aromatic N) is 1. The van der Waals surface area contributed by atoms with Crippen LogP contribution in [-0.2, 0) is 0 Å². The lowest BCUT2D eigenvalue weighted by atomic mass is 10.5. The third kappa shape index (κ3) is 2.35. The van der Waals surface area contributed by atoms with E-state index in [0.29, 0.717) is 6.61 Å². The maximum absolute atomic E-state index is 12.5. The number of ether oxygens (including phenoxy) is 1. The van der Waals surface area contributed by atoms with Crippen LogP contribution in [0.15, 0.2) is 12.1 Å². The molecule has 0 N–H and O–H groups in total. The van der Waals surface area contributed by atoms with Crippen LogP contribution in [0.2, 0.25) is 5.15 Å². The van der Waals surface area contributed by atoms with Crippen LogP contribution >= 0.6 is 11.6 Å². The second-order valence-corrected chi connectivity index (χ2v) is 2.27. The van der Waals surface area contributed by atoms with Gasteiger partial charge in [-0.1, -0.05) is 11.6 Å². The predicted molar refractivity (Wildman–Crippen MR) is 40.4 cm³/mol. The van der Waals surface area contributed by atoms with Crippen LogP contribution in [0.1, 0.15) is 6.92 Å². The predicted octanol–water partition coefficient (Wildman–Crippen LogP) is 2.27. The van der Waals surface area contributed by atoms with Gasteiger partial charge in [-0.2, -0.15) is 0 Å². The van der Waals surface area contributed by atoms with Crippen molar-refractivity contribution in [2.45, 2.75) is 6.92 Å². The molecule has 0 aliphatic carbocycles. The minimum absolute atomic E-state index is 0.105. The van der Waals surface area contributed by atoms with Gasteiger partial charge in [-0.25, -0.2) is 9.37 Å². The van der Waals surface area contributed by atoms with Crippen molar-refractivity contribution in [2.75, 3.05) is 6.61 Å². The van der Waals surface area contributed by atoms with Gasteiger partial charge in [-0.15, -0.1) is 0 Å². The van der Waals surface area contributed by atoms with E-state index in [4.69, 9.17) is 16.3 Å². The molecule has 4 heteroatoms. The summed E-state index contributed by atoms with van der Waals surface area (Å²) in [5, 5.41) is 0.105. The molecule has 2 nitrogen and oxygen atoms in total. The fourth-order valence-corrected chi connectivity index (χ4v) is 0.853. The largest absolute Gasteiger partial charge is 0.478 e. The van der Waals surface area contributed by atoms with Gasteiger partial charge in [0.1, 0.15) is 11.0 Å². The molecule has 0 aliphatic rings. The number of pyridine rings is 1. The summed E-state index contributed by atoms with van der Waals surface area (Å²) in [7, 11) is 0. The Hall–Kier alpha value is -0.830. The third-order valence-corrected chi connectivity index (χ3v) is 1.22. The van der Waals surface area contributed by atoms with Crippen molar-refractivity contribution in [1.82, 2.24) is 4.98 Å². The monoisotopic (exact) mass is 175 g/mol. The molecule has 1 aromatic rings. The van der Waals surface area contributed by atoms with Crippen molar-refractivity contribution >= 4 is 11.6 Å². The fraction of sp³-hybridized carbons (Fsp3) is 0.286. The van der Waals surface area contributed by atoms with Crippen LogP contribution in [0, 0.1) is 5.82 Å². The van der Waals surface area contributed by atoms with E-state index in [9.17, 15) is 4.39 Å². The molecule has 0 aromatic carbocycles. The van der Waals surface area contributed by atoms with Crippen molar-refractivity contribution in [3.63, 3.8) is 0 Å². The number of hydrogen-bond acceptors (Lipinski definition) is 2. The molecule has 1 rings (SSSR count). The summed E-state index contributed by atoms with van der Waals surface area (Å²) < 4.78 is 17.5. The highest BCUT2D eigenvalue weighted by Gasteiger charge is 1.99. The molecule has 0 bridgehead atoms. The summed E-state index contributed by atoms with van der Waals surface area (Å²) in [5.74, 6) is -0.217. The first-order valence-corrected chi connectivity index (χ1v) is 3.56. The Morgan fingerprint density at radius 3 is 2.91 bits per heavy atom. The zero-order chi connectivity index (χ0) is 8.27. The van der Waals surface area contributed by atoms with Crippen molar-refractivity contribution in [2.24, 2.45) is 0 Å². The molecular formula is C7H7ClFNO. The third-order valence-electron chi connectivity index (χ3n) is 1.03. The smallest absolute Gasteiger partial charge is 0.217 e. The highest BCUT2D eigenvalue weighted by molar-refractivity contribution is 6.29. The number of rotatable bonds is 2. The Kier molecular flexibility index (Phi) is 2.65. The average Bonchev–Trinajstić information content (AvgIpc) is 1.85. The quantitative estimate of drug-likeness (QED) is 0.644. The maximum atomic E-state index is 12.5. The average molecular weight is 176 g/mol. The molecule has 0 unspecified atom stereocenters. The molecule has 0 fully saturated rings. The minimum atomic E-state index is -0.437. The molecule has 0 saturated heterocycles. The first-order chi connectivity index (χ1) is 5.22. The molecule has 1 aromatic heterocycles. The van der Waals surface area contributed by atoms with Gasteiger partial charge in [0.2, 0.25) is 5.88 Å². The first kappa shape index (κ1) is 8.27. The van der Waals surface area contributed by atoms with Crippen LogP contribution in [0.5, 0.6) is 5.88 Å². The Bertz CT molecular complexity index is 234. The minimum Gasteiger partial charge on any atom is -0.478 e. The van der Waals surface area contributed by atoms with E-state index in [-0.39, 0.29) is 11.0 Å². The van der Waals surface area contributed by atoms with Crippen LogP contribution in [0.4, 0.5) is 4.39 Å². The number of halogens is 2. The van der Waals surface area contributed by atoms with Gasteiger partial charge in [0.05, 0.1) is 6.61 Å². The standard InChI is InChI=1S/C7H7ClFNO/c1-2-11-7-4-5(9)3-6(8)10-7/h3-4H,2H2,1H3. The van der Waals surface area contributed by atoms with E-state index in [1.54, 1.807) is 6.92 Å². The van der Waals surface area contributed by atoms with E-state index in [0.717, 1.165) is 6.07 Å². The second-order valence-electron chi connectivity index (χ2n) is 1.88. The van der Waals surface area contributed by atoms with Crippen LogP contribution in [0.25, 0.3) is 0 Å². The fourth-order valence-electron chi connectivity index (χ4n) is 0.665. The lowest BCUT2D eigenvalue weighted by molar-refractivity contribution is 0.324. The van der Waals surface area contributed by atoms with Crippen molar-refractivity contribution in [3.05, 3.63) is 23.1 Å². The molecule has 0 amide bonds. The van der Waals surface area contributed by atoms with Crippen LogP contribution in [-0.4, -0.2) is 11.6 Å². The zero-order valence-corrected chi connectivity index (χ0v) is 6.73. The van der Waals surface area contributed by atoms with Gasteiger partial charge >= 0.3 is 0 Å². The maximum Gasteiger partial charge on any atom is 0.217 e. The van der Waals surface area contributed by atoms with E-state index < -0.39 is 5.82 Å². The summed E-state index contributed by atoms with van der Waals surface area (Å²) >= 11 is 5.45. The van der Waals surface area contributed by atoms with Gasteiger partial charge in [0.15, 0.2) is 0 Å². The lowest BCUT2D eigenvalue weighted by Crippen LogP contribution is -1.94. The first-order valence-electron chi connectivity index (χ1n) is 3.18. The molecule has 0 radical (unpaired) electrons. The summed E-state index contributed by atoms with van der Waals surface area (Å²) in [6, 6.07) is 2.32. The summed E-state index contributed by atoms with van der Waals surface area (Å²) in [4.78, 5) is 3.73. The van der Waals surface area contributed by atoms with E-state index in [1.165, 1.54) is 6.07 Å². The van der Waals surface area contributed by atoms with Crippen molar-refractivity contribution < 1.29 is 9.13 Å². The van der Waals surface area contributed by atoms with Gasteiger partial charge in [-0.3, -0.25) is 0 Å². The number of aromatic nitrogens is 1. The summed E-state index contributed by atoms with van der Waals surface area (Å²) in [6.45, 7) is 2.24. The summed E-state index contributed by atoms with van der Waals surface area (Å²) in [6.07, 6.45) is 0. The van der Waals surface area contributed by atoms with E-state index in [2.05, 4.69) is 4.98 Å². The molecule has 0 spiro atoms. The molecule has 0 atom stereocenters. The second kappa shape index (κ2) is 3.53. The Balaban J connectivity index is 2.89. The van der Waals surface area contributed by atoms with E-state index >= 15 is 0 Å². The van der Waals surface area contributed by atoms with Gasteiger partial charge in [0.25, 0.3) is 0 Å². The lowest BCUT2D eigenvalue weighted by Gasteiger charge is -2.00. The summed E-state index contributed by atoms with van der Waals surface area (Å²) in [5.41, 5.74) is 0. The molecule has 0 aliphatic heterocycles. The Morgan fingerprint density at radius 2 is 2.36 bits per heavy atom. The van der Waals surface area contributed by atoms with Crippen molar-refractivity contribution in [3.8, 4) is 5.88 Å². The SMILES string of the molecule is CCOc1cc(F)cc(Cl)n1.